The Morgan fingerprint density at radius 1 is 1.11 bits per heavy atom. The summed E-state index contributed by atoms with van der Waals surface area (Å²) in [5, 5.41) is 11.3. The van der Waals surface area contributed by atoms with Crippen LogP contribution in [0.5, 0.6) is 17.2 Å². The Hall–Kier alpha value is -3.78. The van der Waals surface area contributed by atoms with Crippen molar-refractivity contribution >= 4 is 17.4 Å². The van der Waals surface area contributed by atoms with Crippen molar-refractivity contribution in [3.8, 4) is 17.2 Å². The first-order valence-electron chi connectivity index (χ1n) is 12.2. The number of benzene rings is 2. The molecule has 2 aromatic rings. The van der Waals surface area contributed by atoms with Gasteiger partial charge in [0, 0.05) is 18.7 Å². The van der Waals surface area contributed by atoms with Crippen LogP contribution in [-0.4, -0.2) is 72.6 Å². The number of Topliss-reactive ketones (excluding diaryl/α,β-unsaturated/α-hetero) is 1. The Morgan fingerprint density at radius 3 is 2.47 bits per heavy atom. The van der Waals surface area contributed by atoms with Gasteiger partial charge in [-0.25, -0.2) is 0 Å². The van der Waals surface area contributed by atoms with Crippen LogP contribution in [0.1, 0.15) is 31.0 Å². The summed E-state index contributed by atoms with van der Waals surface area (Å²) in [7, 11) is 0. The van der Waals surface area contributed by atoms with E-state index in [1.165, 1.54) is 0 Å². The first kappa shape index (κ1) is 25.3. The maximum atomic E-state index is 13.3. The Morgan fingerprint density at radius 2 is 1.81 bits per heavy atom. The van der Waals surface area contributed by atoms with Gasteiger partial charge in [-0.15, -0.1) is 0 Å². The second kappa shape index (κ2) is 11.3. The van der Waals surface area contributed by atoms with Crippen molar-refractivity contribution in [3.63, 3.8) is 0 Å². The van der Waals surface area contributed by atoms with Gasteiger partial charge < -0.3 is 29.1 Å². The van der Waals surface area contributed by atoms with Crippen LogP contribution in [0, 0.1) is 0 Å². The van der Waals surface area contributed by atoms with E-state index in [4.69, 9.17) is 14.2 Å². The molecule has 2 aliphatic heterocycles. The van der Waals surface area contributed by atoms with Crippen LogP contribution in [0.25, 0.3) is 5.76 Å². The van der Waals surface area contributed by atoms with E-state index in [0.717, 1.165) is 13.1 Å². The molecule has 2 aliphatic rings. The molecule has 0 aliphatic carbocycles. The van der Waals surface area contributed by atoms with Gasteiger partial charge in [0.25, 0.3) is 11.7 Å². The second-order valence-corrected chi connectivity index (χ2v) is 8.55. The molecule has 2 aromatic carbocycles. The highest BCUT2D eigenvalue weighted by Gasteiger charge is 2.46. The third kappa shape index (κ3) is 5.09. The zero-order valence-corrected chi connectivity index (χ0v) is 20.7. The number of ether oxygens (including phenoxy) is 3. The van der Waals surface area contributed by atoms with Crippen molar-refractivity contribution < 1.29 is 28.9 Å². The number of ketones is 1. The van der Waals surface area contributed by atoms with Gasteiger partial charge in [0.2, 0.25) is 0 Å². The number of hydrogen-bond acceptors (Lipinski definition) is 7. The first-order valence-corrected chi connectivity index (χ1v) is 12.2. The van der Waals surface area contributed by atoms with Crippen LogP contribution in [0.4, 0.5) is 0 Å². The van der Waals surface area contributed by atoms with Crippen LogP contribution < -0.4 is 14.2 Å². The third-order valence-electron chi connectivity index (χ3n) is 6.47. The molecule has 0 spiro atoms. The lowest BCUT2D eigenvalue weighted by molar-refractivity contribution is -0.140. The van der Waals surface area contributed by atoms with Crippen molar-refractivity contribution in [3.05, 3.63) is 71.8 Å². The maximum Gasteiger partial charge on any atom is 0.295 e. The molecular weight excluding hydrogens is 460 g/mol. The number of likely N-dealkylation sites (N-methyl/N-ethyl adjacent to an activating group) is 1. The number of likely N-dealkylation sites (tertiary alicyclic amines) is 1. The zero-order chi connectivity index (χ0) is 25.7. The number of aliphatic hydroxyl groups excluding tert-OH is 1. The minimum atomic E-state index is -0.734. The van der Waals surface area contributed by atoms with Gasteiger partial charge >= 0.3 is 0 Å². The smallest absolute Gasteiger partial charge is 0.295 e. The summed E-state index contributed by atoms with van der Waals surface area (Å²) in [5.74, 6) is 0.126. The summed E-state index contributed by atoms with van der Waals surface area (Å²) >= 11 is 0. The average Bonchev–Trinajstić information content (AvgIpc) is 3.17. The molecule has 0 aromatic heterocycles. The summed E-state index contributed by atoms with van der Waals surface area (Å²) < 4.78 is 16.8. The average molecular weight is 493 g/mol. The molecule has 0 radical (unpaired) electrons. The first-order chi connectivity index (χ1) is 17.5. The Kier molecular flexibility index (Phi) is 7.95. The molecule has 0 bridgehead atoms. The number of carbonyl (C=O) groups is 2. The predicted molar refractivity (Wildman–Crippen MR) is 136 cm³/mol. The molecule has 8 nitrogen and oxygen atoms in total. The number of carbonyl (C=O) groups excluding carboxylic acids is 2. The van der Waals surface area contributed by atoms with Crippen LogP contribution in [-0.2, 0) is 9.59 Å². The van der Waals surface area contributed by atoms with Crippen LogP contribution in [0.3, 0.4) is 0 Å². The predicted octanol–water partition coefficient (Wildman–Crippen LogP) is 3.79. The fourth-order valence-corrected chi connectivity index (χ4v) is 4.49. The van der Waals surface area contributed by atoms with Gasteiger partial charge in [0.1, 0.15) is 31.3 Å². The van der Waals surface area contributed by atoms with Crippen LogP contribution >= 0.6 is 0 Å². The fourth-order valence-electron chi connectivity index (χ4n) is 4.49. The largest absolute Gasteiger partial charge is 0.507 e. The normalized spacial score (nSPS) is 18.5. The van der Waals surface area contributed by atoms with E-state index >= 15 is 0 Å². The van der Waals surface area contributed by atoms with Gasteiger partial charge in [-0.1, -0.05) is 38.6 Å². The molecule has 4 rings (SSSR count). The lowest BCUT2D eigenvalue weighted by atomic mass is 9.95. The monoisotopic (exact) mass is 492 g/mol. The van der Waals surface area contributed by atoms with Gasteiger partial charge in [-0.3, -0.25) is 9.59 Å². The molecule has 36 heavy (non-hydrogen) atoms. The molecule has 1 fully saturated rings. The van der Waals surface area contributed by atoms with Crippen molar-refractivity contribution in [2.24, 2.45) is 0 Å². The van der Waals surface area contributed by atoms with E-state index in [1.54, 1.807) is 41.3 Å². The third-order valence-corrected chi connectivity index (χ3v) is 6.47. The molecule has 190 valence electrons. The van der Waals surface area contributed by atoms with E-state index < -0.39 is 17.7 Å². The quantitative estimate of drug-likeness (QED) is 0.234. The van der Waals surface area contributed by atoms with Gasteiger partial charge in [0.15, 0.2) is 11.5 Å². The highest BCUT2D eigenvalue weighted by molar-refractivity contribution is 6.46. The highest BCUT2D eigenvalue weighted by atomic mass is 16.6. The number of nitrogens with zero attached hydrogens (tertiary/aromatic N) is 2. The SMILES string of the molecule is C=CCOc1ccc(C2C(=C(O)c3ccc4c(c3)OCCO4)C(=O)C(=O)N2CCN(CC)CC)cc1. The van der Waals surface area contributed by atoms with Crippen LogP contribution in [0.15, 0.2) is 60.7 Å². The summed E-state index contributed by atoms with van der Waals surface area (Å²) in [4.78, 5) is 30.2. The standard InChI is InChI=1S/C28H32N2O6/c1-4-15-34-21-10-7-19(8-11-21)25-24(27(32)28(33)30(25)14-13-29(5-2)6-3)26(31)20-9-12-22-23(18-20)36-17-16-35-22/h4,7-12,18,25,31H,1,5-6,13-17H2,2-3H3. The molecule has 2 heterocycles. The Labute approximate surface area is 211 Å². The van der Waals surface area contributed by atoms with E-state index in [9.17, 15) is 14.7 Å². The van der Waals surface area contributed by atoms with Crippen molar-refractivity contribution in [2.45, 2.75) is 19.9 Å². The molecule has 8 heteroatoms. The number of rotatable bonds is 10. The van der Waals surface area contributed by atoms with Crippen molar-refractivity contribution in [1.82, 2.24) is 9.80 Å². The summed E-state index contributed by atoms with van der Waals surface area (Å²) in [6, 6.07) is 11.5. The summed E-state index contributed by atoms with van der Waals surface area (Å²) in [6.45, 7) is 11.6. The van der Waals surface area contributed by atoms with E-state index in [2.05, 4.69) is 25.3 Å². The van der Waals surface area contributed by atoms with E-state index in [1.807, 2.05) is 12.1 Å². The lowest BCUT2D eigenvalue weighted by Gasteiger charge is -2.28. The Balaban J connectivity index is 1.75. The van der Waals surface area contributed by atoms with Crippen LogP contribution in [0.2, 0.25) is 0 Å². The second-order valence-electron chi connectivity index (χ2n) is 8.55. The zero-order valence-electron chi connectivity index (χ0n) is 20.7. The number of aliphatic hydroxyl groups is 1. The van der Waals surface area contributed by atoms with Gasteiger partial charge in [-0.05, 0) is 49.0 Å². The molecule has 1 unspecified atom stereocenters. The number of fused-ring (bicyclic) bond motifs is 1. The van der Waals surface area contributed by atoms with Crippen molar-refractivity contribution in [2.75, 3.05) is 46.0 Å². The minimum absolute atomic E-state index is 0.0518. The van der Waals surface area contributed by atoms with Gasteiger partial charge in [0.05, 0.1) is 11.6 Å². The molecule has 0 saturated carbocycles. The summed E-state index contributed by atoms with van der Waals surface area (Å²) in [6.07, 6.45) is 1.66. The summed E-state index contributed by atoms with van der Waals surface area (Å²) in [5.41, 5.74) is 1.15. The minimum Gasteiger partial charge on any atom is -0.507 e. The van der Waals surface area contributed by atoms with E-state index in [-0.39, 0.29) is 11.3 Å². The highest BCUT2D eigenvalue weighted by Crippen LogP contribution is 2.41. The molecule has 1 atom stereocenters. The van der Waals surface area contributed by atoms with E-state index in [0.29, 0.717) is 61.3 Å². The molecule has 1 N–H and O–H groups in total. The number of amides is 1. The fraction of sp³-hybridized carbons (Fsp3) is 0.357. The Bertz CT molecular complexity index is 1150. The topological polar surface area (TPSA) is 88.5 Å². The number of hydrogen-bond donors (Lipinski definition) is 1. The molecule has 1 saturated heterocycles. The molecular formula is C28H32N2O6. The maximum absolute atomic E-state index is 13.3. The van der Waals surface area contributed by atoms with Gasteiger partial charge in [-0.2, -0.15) is 0 Å². The van der Waals surface area contributed by atoms with Crippen molar-refractivity contribution in [1.29, 1.82) is 0 Å². The molecule has 1 amide bonds. The lowest BCUT2D eigenvalue weighted by Crippen LogP contribution is -2.38.